The monoisotopic (exact) mass is 293 g/mol. The molecule has 0 radical (unpaired) electrons. The molecule has 1 aromatic heterocycles. The minimum absolute atomic E-state index is 0.167. The molecule has 1 atom stereocenters. The van der Waals surface area contributed by atoms with Crippen LogP contribution in [0.2, 0.25) is 0 Å². The predicted molar refractivity (Wildman–Crippen MR) is 79.7 cm³/mol. The van der Waals surface area contributed by atoms with Gasteiger partial charge in [0.15, 0.2) is 0 Å². The van der Waals surface area contributed by atoms with Crippen molar-refractivity contribution in [3.05, 3.63) is 11.8 Å². The molecule has 0 aliphatic carbocycles. The molecular weight excluding hydrogens is 270 g/mol. The molecule has 116 valence electrons. The van der Waals surface area contributed by atoms with Crippen molar-refractivity contribution >= 4 is 11.9 Å². The average Bonchev–Trinajstić information content (AvgIpc) is 2.44. The summed E-state index contributed by atoms with van der Waals surface area (Å²) in [7, 11) is 0. The number of carbonyl (C=O) groups is 1. The molecular formula is C15H23N3O3. The normalized spacial score (nSPS) is 18.6. The fraction of sp³-hybridized carbons (Fsp3) is 0.667. The molecule has 1 N–H and O–H groups in total. The fourth-order valence-electron chi connectivity index (χ4n) is 2.61. The van der Waals surface area contributed by atoms with Gasteiger partial charge in [0, 0.05) is 31.3 Å². The Morgan fingerprint density at radius 2 is 2.33 bits per heavy atom. The number of carboxylic acids is 1. The van der Waals surface area contributed by atoms with Crippen molar-refractivity contribution in [2.24, 2.45) is 5.92 Å². The van der Waals surface area contributed by atoms with Gasteiger partial charge < -0.3 is 14.7 Å². The number of carboxylic acid groups (broad SMARTS) is 1. The summed E-state index contributed by atoms with van der Waals surface area (Å²) >= 11 is 0. The van der Waals surface area contributed by atoms with Crippen molar-refractivity contribution < 1.29 is 14.6 Å². The number of anilines is 1. The standard InChI is InChI=1S/C15H23N3O3/c1-3-7-21-13-8-11(2)16-15(17-13)18-6-4-5-12(10-18)9-14(19)20/h8,12H,3-7,9-10H2,1-2H3,(H,19,20). The highest BCUT2D eigenvalue weighted by molar-refractivity contribution is 5.67. The summed E-state index contributed by atoms with van der Waals surface area (Å²) in [6.07, 6.45) is 3.07. The molecule has 1 aliphatic rings. The van der Waals surface area contributed by atoms with E-state index in [1.165, 1.54) is 0 Å². The molecule has 1 aromatic rings. The zero-order valence-corrected chi connectivity index (χ0v) is 12.7. The van der Waals surface area contributed by atoms with E-state index in [1.807, 2.05) is 13.0 Å². The molecule has 0 bridgehead atoms. The third-order valence-electron chi connectivity index (χ3n) is 3.54. The molecule has 1 fully saturated rings. The van der Waals surface area contributed by atoms with Crippen molar-refractivity contribution in [2.45, 2.75) is 39.5 Å². The number of hydrogen-bond acceptors (Lipinski definition) is 5. The van der Waals surface area contributed by atoms with Crippen molar-refractivity contribution in [1.82, 2.24) is 9.97 Å². The van der Waals surface area contributed by atoms with Gasteiger partial charge in [0.1, 0.15) is 0 Å². The Morgan fingerprint density at radius 1 is 1.52 bits per heavy atom. The quantitative estimate of drug-likeness (QED) is 0.867. The van der Waals surface area contributed by atoms with Crippen molar-refractivity contribution in [2.75, 3.05) is 24.6 Å². The Bertz CT molecular complexity index is 493. The van der Waals surface area contributed by atoms with Crippen molar-refractivity contribution in [3.63, 3.8) is 0 Å². The van der Waals surface area contributed by atoms with Gasteiger partial charge in [0.2, 0.25) is 11.8 Å². The van der Waals surface area contributed by atoms with Crippen LogP contribution in [0.25, 0.3) is 0 Å². The van der Waals surface area contributed by atoms with Gasteiger partial charge in [-0.25, -0.2) is 4.98 Å². The highest BCUT2D eigenvalue weighted by Gasteiger charge is 2.24. The van der Waals surface area contributed by atoms with Gasteiger partial charge in [-0.15, -0.1) is 0 Å². The first kappa shape index (κ1) is 15.5. The first-order valence-electron chi connectivity index (χ1n) is 7.53. The molecule has 1 unspecified atom stereocenters. The van der Waals surface area contributed by atoms with E-state index in [2.05, 4.69) is 21.8 Å². The summed E-state index contributed by atoms with van der Waals surface area (Å²) in [5.74, 6) is 0.676. The summed E-state index contributed by atoms with van der Waals surface area (Å²) in [5.41, 5.74) is 0.867. The zero-order chi connectivity index (χ0) is 15.2. The van der Waals surface area contributed by atoms with E-state index < -0.39 is 5.97 Å². The van der Waals surface area contributed by atoms with Gasteiger partial charge in [-0.1, -0.05) is 6.92 Å². The van der Waals surface area contributed by atoms with Crippen LogP contribution >= 0.6 is 0 Å². The lowest BCUT2D eigenvalue weighted by Gasteiger charge is -2.32. The SMILES string of the molecule is CCCOc1cc(C)nc(N2CCCC(CC(=O)O)C2)n1. The largest absolute Gasteiger partial charge is 0.481 e. The average molecular weight is 293 g/mol. The van der Waals surface area contributed by atoms with Gasteiger partial charge >= 0.3 is 5.97 Å². The third kappa shape index (κ3) is 4.58. The van der Waals surface area contributed by atoms with Crippen molar-refractivity contribution in [1.29, 1.82) is 0 Å². The Hall–Kier alpha value is -1.85. The van der Waals surface area contributed by atoms with E-state index in [4.69, 9.17) is 9.84 Å². The number of aliphatic carboxylic acids is 1. The second-order valence-corrected chi connectivity index (χ2v) is 5.55. The molecule has 21 heavy (non-hydrogen) atoms. The molecule has 0 aromatic carbocycles. The number of aromatic nitrogens is 2. The Labute approximate surface area is 125 Å². The first-order valence-corrected chi connectivity index (χ1v) is 7.53. The van der Waals surface area contributed by atoms with Crippen molar-refractivity contribution in [3.8, 4) is 5.88 Å². The van der Waals surface area contributed by atoms with Gasteiger partial charge in [-0.2, -0.15) is 4.98 Å². The molecule has 0 saturated carbocycles. The second-order valence-electron chi connectivity index (χ2n) is 5.55. The number of hydrogen-bond donors (Lipinski definition) is 1. The minimum atomic E-state index is -0.737. The maximum Gasteiger partial charge on any atom is 0.303 e. The van der Waals surface area contributed by atoms with Crippen LogP contribution in [-0.2, 0) is 4.79 Å². The fourth-order valence-corrected chi connectivity index (χ4v) is 2.61. The maximum absolute atomic E-state index is 10.9. The topological polar surface area (TPSA) is 75.5 Å². The van der Waals surface area contributed by atoms with Crippen LogP contribution in [0.3, 0.4) is 0 Å². The predicted octanol–water partition coefficient (Wildman–Crippen LogP) is 2.26. The molecule has 0 amide bonds. The molecule has 2 rings (SSSR count). The molecule has 1 aliphatic heterocycles. The van der Waals surface area contributed by atoms with E-state index in [0.717, 1.165) is 31.5 Å². The highest BCUT2D eigenvalue weighted by Crippen LogP contribution is 2.24. The van der Waals surface area contributed by atoms with E-state index in [9.17, 15) is 4.79 Å². The van der Waals surface area contributed by atoms with Crippen LogP contribution in [0.15, 0.2) is 6.07 Å². The molecule has 0 spiro atoms. The van der Waals surface area contributed by atoms with Crippen LogP contribution in [0, 0.1) is 12.8 Å². The van der Waals surface area contributed by atoms with Gasteiger partial charge in [0.25, 0.3) is 0 Å². The molecule has 1 saturated heterocycles. The molecule has 6 nitrogen and oxygen atoms in total. The summed E-state index contributed by atoms with van der Waals surface area (Å²) < 4.78 is 5.59. The van der Waals surface area contributed by atoms with E-state index in [1.54, 1.807) is 0 Å². The Morgan fingerprint density at radius 3 is 3.05 bits per heavy atom. The number of ether oxygens (including phenoxy) is 1. The highest BCUT2D eigenvalue weighted by atomic mass is 16.5. The first-order chi connectivity index (χ1) is 10.1. The zero-order valence-electron chi connectivity index (χ0n) is 12.7. The molecule has 6 heteroatoms. The second kappa shape index (κ2) is 7.24. The van der Waals surface area contributed by atoms with E-state index in [-0.39, 0.29) is 12.3 Å². The summed E-state index contributed by atoms with van der Waals surface area (Å²) in [5, 5.41) is 8.94. The Kier molecular flexibility index (Phi) is 5.36. The summed E-state index contributed by atoms with van der Waals surface area (Å²) in [6, 6.07) is 1.83. The number of aryl methyl sites for hydroxylation is 1. The van der Waals surface area contributed by atoms with Crippen LogP contribution in [0.1, 0.15) is 38.3 Å². The number of piperidine rings is 1. The smallest absolute Gasteiger partial charge is 0.303 e. The van der Waals surface area contributed by atoms with Gasteiger partial charge in [0.05, 0.1) is 6.61 Å². The van der Waals surface area contributed by atoms with E-state index in [0.29, 0.717) is 25.0 Å². The molecule has 2 heterocycles. The lowest BCUT2D eigenvalue weighted by molar-refractivity contribution is -0.138. The van der Waals surface area contributed by atoms with E-state index >= 15 is 0 Å². The summed E-state index contributed by atoms with van der Waals surface area (Å²) in [6.45, 7) is 6.17. The number of rotatable bonds is 6. The lowest BCUT2D eigenvalue weighted by atomic mass is 9.95. The van der Waals surface area contributed by atoms with Crippen LogP contribution in [0.4, 0.5) is 5.95 Å². The number of nitrogens with zero attached hydrogens (tertiary/aromatic N) is 3. The van der Waals surface area contributed by atoms with Crippen LogP contribution in [0.5, 0.6) is 5.88 Å². The van der Waals surface area contributed by atoms with Gasteiger partial charge in [-0.05, 0) is 32.1 Å². The third-order valence-corrected chi connectivity index (χ3v) is 3.54. The lowest BCUT2D eigenvalue weighted by Crippen LogP contribution is -2.37. The van der Waals surface area contributed by atoms with Crippen LogP contribution in [-0.4, -0.2) is 40.7 Å². The minimum Gasteiger partial charge on any atom is -0.481 e. The Balaban J connectivity index is 2.09. The van der Waals surface area contributed by atoms with Crippen LogP contribution < -0.4 is 9.64 Å². The van der Waals surface area contributed by atoms with Gasteiger partial charge in [-0.3, -0.25) is 4.79 Å². The summed E-state index contributed by atoms with van der Waals surface area (Å²) in [4.78, 5) is 21.9. The maximum atomic E-state index is 10.9.